The quantitative estimate of drug-likeness (QED) is 0.810. The topological polar surface area (TPSA) is 32.3 Å². The largest absolute Gasteiger partial charge is 0.508 e. The standard InChI is InChI=1S/C12H17NOS2/c1-3-16-12(15)13-9(2)8-10-4-6-11(14)7-5-10/h4-7,9,14H,3,8H2,1-2H3,(H,13,15)/t9-/m0/s1. The minimum Gasteiger partial charge on any atom is -0.508 e. The summed E-state index contributed by atoms with van der Waals surface area (Å²) in [5.74, 6) is 1.30. The van der Waals surface area contributed by atoms with Gasteiger partial charge in [0, 0.05) is 6.04 Å². The lowest BCUT2D eigenvalue weighted by atomic mass is 10.1. The molecule has 0 unspecified atom stereocenters. The van der Waals surface area contributed by atoms with E-state index >= 15 is 0 Å². The molecule has 0 amide bonds. The molecule has 0 spiro atoms. The van der Waals surface area contributed by atoms with Gasteiger partial charge in [-0.15, -0.1) is 0 Å². The number of aromatic hydroxyl groups is 1. The minimum absolute atomic E-state index is 0.307. The normalized spacial score (nSPS) is 12.1. The lowest BCUT2D eigenvalue weighted by Crippen LogP contribution is -2.31. The number of nitrogens with one attached hydrogen (secondary N) is 1. The second-order valence-electron chi connectivity index (χ2n) is 3.64. The molecule has 2 N–H and O–H groups in total. The molecule has 16 heavy (non-hydrogen) atoms. The zero-order chi connectivity index (χ0) is 12.0. The predicted molar refractivity (Wildman–Crippen MR) is 75.1 cm³/mol. The van der Waals surface area contributed by atoms with Crippen LogP contribution in [0.3, 0.4) is 0 Å². The van der Waals surface area contributed by atoms with Crippen molar-refractivity contribution in [3.05, 3.63) is 29.8 Å². The van der Waals surface area contributed by atoms with Crippen molar-refractivity contribution in [2.75, 3.05) is 5.75 Å². The Kier molecular flexibility index (Phi) is 5.63. The SMILES string of the molecule is CCSC(=S)N[C@@H](C)Cc1ccc(O)cc1. The zero-order valence-corrected chi connectivity index (χ0v) is 11.2. The number of hydrogen-bond donors (Lipinski definition) is 2. The number of thiocarbonyl (C=S) groups is 1. The number of hydrogen-bond acceptors (Lipinski definition) is 3. The van der Waals surface area contributed by atoms with Gasteiger partial charge in [-0.05, 0) is 36.8 Å². The number of benzene rings is 1. The van der Waals surface area contributed by atoms with E-state index in [0.717, 1.165) is 16.5 Å². The highest BCUT2D eigenvalue weighted by molar-refractivity contribution is 8.22. The highest BCUT2D eigenvalue weighted by Crippen LogP contribution is 2.11. The van der Waals surface area contributed by atoms with Crippen molar-refractivity contribution in [3.8, 4) is 5.75 Å². The first-order valence-electron chi connectivity index (χ1n) is 5.33. The Balaban J connectivity index is 2.42. The van der Waals surface area contributed by atoms with E-state index in [0.29, 0.717) is 11.8 Å². The lowest BCUT2D eigenvalue weighted by molar-refractivity contribution is 0.475. The molecule has 1 aromatic rings. The van der Waals surface area contributed by atoms with Crippen molar-refractivity contribution < 1.29 is 5.11 Å². The van der Waals surface area contributed by atoms with E-state index in [-0.39, 0.29) is 0 Å². The molecule has 0 saturated heterocycles. The van der Waals surface area contributed by atoms with Gasteiger partial charge in [0.25, 0.3) is 0 Å². The summed E-state index contributed by atoms with van der Waals surface area (Å²) in [6.07, 6.45) is 0.907. The third-order valence-corrected chi connectivity index (χ3v) is 3.26. The molecule has 2 nitrogen and oxygen atoms in total. The number of phenols is 1. The van der Waals surface area contributed by atoms with Gasteiger partial charge in [0.2, 0.25) is 0 Å². The van der Waals surface area contributed by atoms with Gasteiger partial charge in [0.15, 0.2) is 0 Å². The molecular weight excluding hydrogens is 238 g/mol. The summed E-state index contributed by atoms with van der Waals surface area (Å²) in [5.41, 5.74) is 1.20. The lowest BCUT2D eigenvalue weighted by Gasteiger charge is -2.15. The van der Waals surface area contributed by atoms with Crippen molar-refractivity contribution in [1.82, 2.24) is 5.32 Å². The van der Waals surface area contributed by atoms with E-state index < -0.39 is 0 Å². The molecule has 0 aromatic heterocycles. The van der Waals surface area contributed by atoms with Gasteiger partial charge in [-0.1, -0.05) is 43.0 Å². The molecular formula is C12H17NOS2. The smallest absolute Gasteiger partial charge is 0.133 e. The summed E-state index contributed by atoms with van der Waals surface area (Å²) < 4.78 is 0.855. The number of rotatable bonds is 4. The summed E-state index contributed by atoms with van der Waals surface area (Å²) in [4.78, 5) is 0. The highest BCUT2D eigenvalue weighted by atomic mass is 32.2. The van der Waals surface area contributed by atoms with Gasteiger partial charge < -0.3 is 10.4 Å². The minimum atomic E-state index is 0.307. The fraction of sp³-hybridized carbons (Fsp3) is 0.417. The van der Waals surface area contributed by atoms with Crippen LogP contribution in [-0.2, 0) is 6.42 Å². The Morgan fingerprint density at radius 3 is 2.62 bits per heavy atom. The predicted octanol–water partition coefficient (Wildman–Crippen LogP) is 2.95. The van der Waals surface area contributed by atoms with Crippen LogP contribution in [0.1, 0.15) is 19.4 Å². The van der Waals surface area contributed by atoms with Crippen molar-refractivity contribution in [2.45, 2.75) is 26.3 Å². The molecule has 1 atom stereocenters. The van der Waals surface area contributed by atoms with Crippen molar-refractivity contribution in [3.63, 3.8) is 0 Å². The van der Waals surface area contributed by atoms with Crippen molar-refractivity contribution in [1.29, 1.82) is 0 Å². The van der Waals surface area contributed by atoms with Crippen LogP contribution in [0.15, 0.2) is 24.3 Å². The van der Waals surface area contributed by atoms with Crippen LogP contribution in [0, 0.1) is 0 Å². The third kappa shape index (κ3) is 4.86. The second kappa shape index (κ2) is 6.76. The average Bonchev–Trinajstić information content (AvgIpc) is 2.21. The Hall–Kier alpha value is -0.740. The van der Waals surface area contributed by atoms with Crippen LogP contribution < -0.4 is 5.32 Å². The molecule has 0 heterocycles. The fourth-order valence-corrected chi connectivity index (χ4v) is 2.51. The van der Waals surface area contributed by atoms with Gasteiger partial charge in [0.05, 0.1) is 0 Å². The number of phenolic OH excluding ortho intramolecular Hbond substituents is 1. The van der Waals surface area contributed by atoms with Crippen LogP contribution >= 0.6 is 24.0 Å². The van der Waals surface area contributed by atoms with E-state index in [1.807, 2.05) is 12.1 Å². The highest BCUT2D eigenvalue weighted by Gasteiger charge is 2.05. The average molecular weight is 255 g/mol. The molecule has 1 rings (SSSR count). The zero-order valence-electron chi connectivity index (χ0n) is 9.56. The molecule has 4 heteroatoms. The molecule has 88 valence electrons. The monoisotopic (exact) mass is 255 g/mol. The van der Waals surface area contributed by atoms with Crippen LogP contribution in [0.5, 0.6) is 5.75 Å². The van der Waals surface area contributed by atoms with E-state index in [4.69, 9.17) is 17.3 Å². The summed E-state index contributed by atoms with van der Waals surface area (Å²) in [6.45, 7) is 4.19. The van der Waals surface area contributed by atoms with Crippen molar-refractivity contribution in [2.24, 2.45) is 0 Å². The molecule has 0 bridgehead atoms. The van der Waals surface area contributed by atoms with Crippen LogP contribution in [0.25, 0.3) is 0 Å². The molecule has 0 radical (unpaired) electrons. The maximum atomic E-state index is 9.17. The van der Waals surface area contributed by atoms with Crippen LogP contribution in [0.4, 0.5) is 0 Å². The first-order valence-corrected chi connectivity index (χ1v) is 6.72. The number of thioether (sulfide) groups is 1. The molecule has 0 aliphatic rings. The van der Waals surface area contributed by atoms with Gasteiger partial charge >= 0.3 is 0 Å². The van der Waals surface area contributed by atoms with Crippen LogP contribution in [0.2, 0.25) is 0 Å². The molecule has 0 aliphatic heterocycles. The first kappa shape index (κ1) is 13.3. The maximum absolute atomic E-state index is 9.17. The summed E-state index contributed by atoms with van der Waals surface area (Å²) >= 11 is 6.83. The summed E-state index contributed by atoms with van der Waals surface area (Å²) in [6, 6.07) is 7.60. The van der Waals surface area contributed by atoms with Gasteiger partial charge in [0.1, 0.15) is 10.1 Å². The van der Waals surface area contributed by atoms with E-state index in [1.54, 1.807) is 23.9 Å². The molecule has 0 aliphatic carbocycles. The second-order valence-corrected chi connectivity index (χ2v) is 5.58. The molecule has 0 fully saturated rings. The van der Waals surface area contributed by atoms with E-state index in [1.165, 1.54) is 5.56 Å². The maximum Gasteiger partial charge on any atom is 0.133 e. The van der Waals surface area contributed by atoms with Gasteiger partial charge in [-0.3, -0.25) is 0 Å². The van der Waals surface area contributed by atoms with Crippen LogP contribution in [-0.4, -0.2) is 21.2 Å². The van der Waals surface area contributed by atoms with Crippen molar-refractivity contribution >= 4 is 28.3 Å². The Labute approximate surface area is 106 Å². The third-order valence-electron chi connectivity index (χ3n) is 2.12. The first-order chi connectivity index (χ1) is 7.61. The summed E-state index contributed by atoms with van der Waals surface area (Å²) in [7, 11) is 0. The Bertz CT molecular complexity index is 337. The Morgan fingerprint density at radius 1 is 1.44 bits per heavy atom. The Morgan fingerprint density at radius 2 is 2.06 bits per heavy atom. The van der Waals surface area contributed by atoms with Gasteiger partial charge in [-0.2, -0.15) is 0 Å². The van der Waals surface area contributed by atoms with Gasteiger partial charge in [-0.25, -0.2) is 0 Å². The fourth-order valence-electron chi connectivity index (χ4n) is 1.41. The van der Waals surface area contributed by atoms with E-state index in [2.05, 4.69) is 19.2 Å². The molecule has 0 saturated carbocycles. The summed E-state index contributed by atoms with van der Waals surface area (Å²) in [5, 5.41) is 12.4. The van der Waals surface area contributed by atoms with E-state index in [9.17, 15) is 0 Å². The molecule has 1 aromatic carbocycles.